The molecule has 3 heteroatoms. The number of aliphatic hydroxyl groups excluding tert-OH is 1. The molecule has 0 atom stereocenters. The Morgan fingerprint density at radius 3 is 2.73 bits per heavy atom. The van der Waals surface area contributed by atoms with Crippen LogP contribution in [0.3, 0.4) is 0 Å². The summed E-state index contributed by atoms with van der Waals surface area (Å²) in [6.45, 7) is 5.83. The highest BCUT2D eigenvalue weighted by atomic mass is 32.1. The van der Waals surface area contributed by atoms with Crippen LogP contribution >= 0.6 is 11.3 Å². The molecule has 0 bridgehead atoms. The largest absolute Gasteiger partial charge is 0.396 e. The third-order valence-electron chi connectivity index (χ3n) is 3.43. The van der Waals surface area contributed by atoms with E-state index in [0.29, 0.717) is 6.61 Å². The zero-order chi connectivity index (χ0) is 10.7. The molecule has 0 saturated carbocycles. The van der Waals surface area contributed by atoms with Gasteiger partial charge in [0.15, 0.2) is 0 Å². The van der Waals surface area contributed by atoms with Gasteiger partial charge in [-0.25, -0.2) is 0 Å². The lowest BCUT2D eigenvalue weighted by molar-refractivity contribution is 0.0557. The Balaban J connectivity index is 1.84. The standard InChI is InChI=1S/C12H19NOS/c1-12(10-14)3-5-13(6-4-12)8-11-2-7-15-9-11/h2,7,9,14H,3-6,8,10H2,1H3. The maximum atomic E-state index is 9.28. The van der Waals surface area contributed by atoms with Crippen LogP contribution in [0.25, 0.3) is 0 Å². The fraction of sp³-hybridized carbons (Fsp3) is 0.667. The van der Waals surface area contributed by atoms with Crippen molar-refractivity contribution in [1.82, 2.24) is 4.90 Å². The van der Waals surface area contributed by atoms with Crippen LogP contribution in [0.2, 0.25) is 0 Å². The molecule has 1 N–H and O–H groups in total. The van der Waals surface area contributed by atoms with Crippen molar-refractivity contribution in [1.29, 1.82) is 0 Å². The van der Waals surface area contributed by atoms with Gasteiger partial charge in [0.05, 0.1) is 0 Å². The number of likely N-dealkylation sites (tertiary alicyclic amines) is 1. The summed E-state index contributed by atoms with van der Waals surface area (Å²) < 4.78 is 0. The Morgan fingerprint density at radius 2 is 2.20 bits per heavy atom. The molecule has 0 spiro atoms. The van der Waals surface area contributed by atoms with Crippen LogP contribution in [0, 0.1) is 5.41 Å². The predicted octanol–water partition coefficient (Wildman–Crippen LogP) is 2.34. The molecular weight excluding hydrogens is 206 g/mol. The van der Waals surface area contributed by atoms with E-state index in [1.54, 1.807) is 11.3 Å². The zero-order valence-electron chi connectivity index (χ0n) is 9.28. The summed E-state index contributed by atoms with van der Waals surface area (Å²) in [7, 11) is 0. The Hall–Kier alpha value is -0.380. The minimum absolute atomic E-state index is 0.172. The molecule has 0 amide bonds. The molecule has 84 valence electrons. The molecule has 1 aliphatic rings. The second-order valence-corrected chi connectivity index (χ2v) is 5.66. The molecule has 2 heterocycles. The number of thiophene rings is 1. The minimum Gasteiger partial charge on any atom is -0.396 e. The summed E-state index contributed by atoms with van der Waals surface area (Å²) in [5.41, 5.74) is 1.60. The zero-order valence-corrected chi connectivity index (χ0v) is 10.1. The van der Waals surface area contributed by atoms with Crippen molar-refractivity contribution in [2.24, 2.45) is 5.41 Å². The third-order valence-corrected chi connectivity index (χ3v) is 4.16. The molecule has 0 unspecified atom stereocenters. The summed E-state index contributed by atoms with van der Waals surface area (Å²) in [6, 6.07) is 2.20. The molecule has 1 aromatic heterocycles. The van der Waals surface area contributed by atoms with Crippen molar-refractivity contribution in [2.75, 3.05) is 19.7 Å². The molecule has 2 rings (SSSR count). The molecule has 2 nitrogen and oxygen atoms in total. The lowest BCUT2D eigenvalue weighted by Gasteiger charge is -2.38. The van der Waals surface area contributed by atoms with Gasteiger partial charge in [-0.05, 0) is 53.7 Å². The Labute approximate surface area is 95.5 Å². The van der Waals surface area contributed by atoms with Crippen LogP contribution in [0.4, 0.5) is 0 Å². The highest BCUT2D eigenvalue weighted by molar-refractivity contribution is 7.07. The van der Waals surface area contributed by atoms with Gasteiger partial charge in [-0.2, -0.15) is 11.3 Å². The summed E-state index contributed by atoms with van der Waals surface area (Å²) in [4.78, 5) is 2.49. The first-order valence-corrected chi connectivity index (χ1v) is 6.50. The maximum absolute atomic E-state index is 9.28. The lowest BCUT2D eigenvalue weighted by atomic mass is 9.81. The van der Waals surface area contributed by atoms with E-state index in [0.717, 1.165) is 32.5 Å². The van der Waals surface area contributed by atoms with Crippen molar-refractivity contribution < 1.29 is 5.11 Å². The molecular formula is C12H19NOS. The highest BCUT2D eigenvalue weighted by Crippen LogP contribution is 2.30. The topological polar surface area (TPSA) is 23.5 Å². The second-order valence-electron chi connectivity index (χ2n) is 4.88. The van der Waals surface area contributed by atoms with Crippen molar-refractivity contribution >= 4 is 11.3 Å². The van der Waals surface area contributed by atoms with Gasteiger partial charge in [0.2, 0.25) is 0 Å². The van der Waals surface area contributed by atoms with Crippen LogP contribution in [0.5, 0.6) is 0 Å². The van der Waals surface area contributed by atoms with E-state index in [1.165, 1.54) is 5.56 Å². The van der Waals surface area contributed by atoms with Gasteiger partial charge in [0.1, 0.15) is 0 Å². The molecule has 1 fully saturated rings. The highest BCUT2D eigenvalue weighted by Gasteiger charge is 2.29. The van der Waals surface area contributed by atoms with Gasteiger partial charge in [-0.15, -0.1) is 0 Å². The number of rotatable bonds is 3. The van der Waals surface area contributed by atoms with Crippen LogP contribution < -0.4 is 0 Å². The number of hydrogen-bond donors (Lipinski definition) is 1. The molecule has 0 aliphatic carbocycles. The van der Waals surface area contributed by atoms with Gasteiger partial charge in [-0.3, -0.25) is 4.90 Å². The van der Waals surface area contributed by atoms with E-state index < -0.39 is 0 Å². The van der Waals surface area contributed by atoms with Crippen molar-refractivity contribution in [3.05, 3.63) is 22.4 Å². The number of hydrogen-bond acceptors (Lipinski definition) is 3. The van der Waals surface area contributed by atoms with Crippen molar-refractivity contribution in [2.45, 2.75) is 26.3 Å². The van der Waals surface area contributed by atoms with Gasteiger partial charge in [0.25, 0.3) is 0 Å². The fourth-order valence-corrected chi connectivity index (χ4v) is 2.71. The quantitative estimate of drug-likeness (QED) is 0.853. The smallest absolute Gasteiger partial charge is 0.0485 e. The Morgan fingerprint density at radius 1 is 1.47 bits per heavy atom. The fourth-order valence-electron chi connectivity index (χ4n) is 2.05. The molecule has 0 aromatic carbocycles. The monoisotopic (exact) mass is 225 g/mol. The average molecular weight is 225 g/mol. The maximum Gasteiger partial charge on any atom is 0.0485 e. The van der Waals surface area contributed by atoms with E-state index in [1.807, 2.05) is 0 Å². The first kappa shape index (κ1) is 11.1. The van der Waals surface area contributed by atoms with Gasteiger partial charge in [0, 0.05) is 13.2 Å². The van der Waals surface area contributed by atoms with E-state index >= 15 is 0 Å². The summed E-state index contributed by atoms with van der Waals surface area (Å²) in [5, 5.41) is 13.6. The SMILES string of the molecule is CC1(CO)CCN(Cc2ccsc2)CC1. The molecule has 1 saturated heterocycles. The molecule has 15 heavy (non-hydrogen) atoms. The van der Waals surface area contributed by atoms with Crippen LogP contribution in [-0.2, 0) is 6.54 Å². The predicted molar refractivity (Wildman–Crippen MR) is 64.0 cm³/mol. The van der Waals surface area contributed by atoms with Crippen molar-refractivity contribution in [3.8, 4) is 0 Å². The van der Waals surface area contributed by atoms with E-state index in [-0.39, 0.29) is 5.41 Å². The second kappa shape index (κ2) is 4.64. The number of aliphatic hydroxyl groups is 1. The first-order chi connectivity index (χ1) is 7.22. The van der Waals surface area contributed by atoms with E-state index in [4.69, 9.17) is 0 Å². The van der Waals surface area contributed by atoms with E-state index in [2.05, 4.69) is 28.7 Å². The molecule has 1 aliphatic heterocycles. The number of piperidine rings is 1. The van der Waals surface area contributed by atoms with Gasteiger partial charge >= 0.3 is 0 Å². The van der Waals surface area contributed by atoms with Crippen molar-refractivity contribution in [3.63, 3.8) is 0 Å². The average Bonchev–Trinajstić information content (AvgIpc) is 2.75. The van der Waals surface area contributed by atoms with Crippen LogP contribution in [0.15, 0.2) is 16.8 Å². The summed E-state index contributed by atoms with van der Waals surface area (Å²) in [5.74, 6) is 0. The van der Waals surface area contributed by atoms with Crippen LogP contribution in [-0.4, -0.2) is 29.7 Å². The van der Waals surface area contributed by atoms with Gasteiger partial charge < -0.3 is 5.11 Å². The normalized spacial score (nSPS) is 21.7. The molecule has 0 radical (unpaired) electrons. The third kappa shape index (κ3) is 2.80. The molecule has 1 aromatic rings. The lowest BCUT2D eigenvalue weighted by Crippen LogP contribution is -2.39. The Bertz CT molecular complexity index is 289. The number of nitrogens with zero attached hydrogens (tertiary/aromatic N) is 1. The van der Waals surface area contributed by atoms with Gasteiger partial charge in [-0.1, -0.05) is 6.92 Å². The Kier molecular flexibility index (Phi) is 3.44. The van der Waals surface area contributed by atoms with E-state index in [9.17, 15) is 5.11 Å². The minimum atomic E-state index is 0.172. The summed E-state index contributed by atoms with van der Waals surface area (Å²) in [6.07, 6.45) is 2.24. The van der Waals surface area contributed by atoms with Crippen LogP contribution in [0.1, 0.15) is 25.3 Å². The summed E-state index contributed by atoms with van der Waals surface area (Å²) >= 11 is 1.77. The first-order valence-electron chi connectivity index (χ1n) is 5.56.